The van der Waals surface area contributed by atoms with E-state index in [-0.39, 0.29) is 17.9 Å². The number of aryl methyl sites for hydroxylation is 1. The van der Waals surface area contributed by atoms with E-state index in [1.54, 1.807) is 11.3 Å². The highest BCUT2D eigenvalue weighted by Crippen LogP contribution is 2.37. The molecule has 0 saturated carbocycles. The van der Waals surface area contributed by atoms with Crippen LogP contribution in [0.2, 0.25) is 0 Å². The lowest BCUT2D eigenvalue weighted by Crippen LogP contribution is -2.38. The van der Waals surface area contributed by atoms with E-state index in [4.69, 9.17) is 9.47 Å². The molecule has 6 heteroatoms. The fourth-order valence-electron chi connectivity index (χ4n) is 4.20. The number of carbonyl (C=O) groups is 1. The van der Waals surface area contributed by atoms with Crippen LogP contribution in [0.15, 0.2) is 36.4 Å². The highest BCUT2D eigenvalue weighted by Gasteiger charge is 2.28. The van der Waals surface area contributed by atoms with Crippen LogP contribution in [0.5, 0.6) is 5.75 Å². The van der Waals surface area contributed by atoms with Crippen LogP contribution < -0.4 is 10.1 Å². The Labute approximate surface area is 174 Å². The quantitative estimate of drug-likeness (QED) is 0.686. The van der Waals surface area contributed by atoms with Crippen molar-refractivity contribution in [2.24, 2.45) is 5.92 Å². The van der Waals surface area contributed by atoms with Crippen LogP contribution in [-0.2, 0) is 9.53 Å². The van der Waals surface area contributed by atoms with E-state index in [0.717, 1.165) is 52.2 Å². The number of fused-ring (bicyclic) bond motifs is 2. The molecule has 2 aromatic carbocycles. The lowest BCUT2D eigenvalue weighted by atomic mass is 9.93. The SMILES string of the molecule is Cc1nc2cc(-c3ccc4c(c3)C(NC(=O)C3CCOCC3)CCO4)ccc2s1. The van der Waals surface area contributed by atoms with Gasteiger partial charge in [0.25, 0.3) is 0 Å². The second-order valence-electron chi connectivity index (χ2n) is 7.75. The molecule has 5 rings (SSSR count). The smallest absolute Gasteiger partial charge is 0.223 e. The molecule has 1 aromatic heterocycles. The Balaban J connectivity index is 1.43. The van der Waals surface area contributed by atoms with Crippen LogP contribution in [0.3, 0.4) is 0 Å². The maximum atomic E-state index is 12.8. The van der Waals surface area contributed by atoms with E-state index in [1.165, 1.54) is 4.70 Å². The number of rotatable bonds is 3. The summed E-state index contributed by atoms with van der Waals surface area (Å²) in [5.41, 5.74) is 4.34. The van der Waals surface area contributed by atoms with Gasteiger partial charge in [-0.05, 0) is 55.2 Å². The third-order valence-corrected chi connectivity index (χ3v) is 6.74. The minimum Gasteiger partial charge on any atom is -0.493 e. The standard InChI is InChI=1S/C23H24N2O3S/c1-14-24-20-13-17(3-5-22(20)29-14)16-2-4-21-18(12-16)19(8-11-28-21)25-23(26)15-6-9-27-10-7-15/h2-5,12-13,15,19H,6-11H2,1H3,(H,25,26). The third-order valence-electron chi connectivity index (χ3n) is 5.79. The Morgan fingerprint density at radius 3 is 2.72 bits per heavy atom. The molecule has 3 aromatic rings. The van der Waals surface area contributed by atoms with E-state index < -0.39 is 0 Å². The summed E-state index contributed by atoms with van der Waals surface area (Å²) < 4.78 is 12.5. The van der Waals surface area contributed by atoms with Crippen molar-refractivity contribution in [3.8, 4) is 16.9 Å². The molecule has 150 valence electrons. The summed E-state index contributed by atoms with van der Waals surface area (Å²) in [6.45, 7) is 4.00. The Hall–Kier alpha value is -2.44. The topological polar surface area (TPSA) is 60.5 Å². The molecular weight excluding hydrogens is 384 g/mol. The van der Waals surface area contributed by atoms with Gasteiger partial charge < -0.3 is 14.8 Å². The zero-order valence-electron chi connectivity index (χ0n) is 16.4. The molecule has 5 nitrogen and oxygen atoms in total. The van der Waals surface area contributed by atoms with E-state index >= 15 is 0 Å². The molecule has 1 saturated heterocycles. The second kappa shape index (κ2) is 7.76. The molecule has 0 radical (unpaired) electrons. The monoisotopic (exact) mass is 408 g/mol. The molecule has 1 amide bonds. The highest BCUT2D eigenvalue weighted by molar-refractivity contribution is 7.18. The Bertz CT molecular complexity index is 1060. The first-order chi connectivity index (χ1) is 14.2. The normalized spacial score (nSPS) is 19.6. The molecule has 1 fully saturated rings. The molecular formula is C23H24N2O3S. The summed E-state index contributed by atoms with van der Waals surface area (Å²) >= 11 is 1.71. The van der Waals surface area contributed by atoms with Crippen molar-refractivity contribution in [2.75, 3.05) is 19.8 Å². The van der Waals surface area contributed by atoms with Gasteiger partial charge in [0, 0.05) is 31.1 Å². The molecule has 29 heavy (non-hydrogen) atoms. The van der Waals surface area contributed by atoms with Crippen LogP contribution in [0.1, 0.15) is 35.9 Å². The number of nitrogens with one attached hydrogen (secondary N) is 1. The van der Waals surface area contributed by atoms with Crippen molar-refractivity contribution in [1.29, 1.82) is 0 Å². The summed E-state index contributed by atoms with van der Waals surface area (Å²) in [4.78, 5) is 17.4. The fourth-order valence-corrected chi connectivity index (χ4v) is 5.00. The van der Waals surface area contributed by atoms with Gasteiger partial charge in [-0.1, -0.05) is 12.1 Å². The summed E-state index contributed by atoms with van der Waals surface area (Å²) in [6, 6.07) is 12.7. The van der Waals surface area contributed by atoms with Crippen LogP contribution in [-0.4, -0.2) is 30.7 Å². The molecule has 1 N–H and O–H groups in total. The van der Waals surface area contributed by atoms with Gasteiger partial charge in [-0.2, -0.15) is 0 Å². The summed E-state index contributed by atoms with van der Waals surface area (Å²) in [6.07, 6.45) is 2.39. The average molecular weight is 409 g/mol. The Morgan fingerprint density at radius 2 is 1.86 bits per heavy atom. The van der Waals surface area contributed by atoms with Gasteiger partial charge in [-0.3, -0.25) is 4.79 Å². The van der Waals surface area contributed by atoms with Crippen molar-refractivity contribution in [3.63, 3.8) is 0 Å². The fraction of sp³-hybridized carbons (Fsp3) is 0.391. The number of nitrogens with zero attached hydrogens (tertiary/aromatic N) is 1. The lowest BCUT2D eigenvalue weighted by molar-refractivity contribution is -0.128. The zero-order chi connectivity index (χ0) is 19.8. The van der Waals surface area contributed by atoms with Gasteiger partial charge in [0.15, 0.2) is 0 Å². The van der Waals surface area contributed by atoms with Crippen LogP contribution in [0.4, 0.5) is 0 Å². The maximum Gasteiger partial charge on any atom is 0.223 e. The van der Waals surface area contributed by atoms with Gasteiger partial charge in [-0.25, -0.2) is 4.98 Å². The summed E-state index contributed by atoms with van der Waals surface area (Å²) in [5.74, 6) is 1.05. The molecule has 0 aliphatic carbocycles. The number of amides is 1. The Morgan fingerprint density at radius 1 is 1.07 bits per heavy atom. The summed E-state index contributed by atoms with van der Waals surface area (Å²) in [7, 11) is 0. The molecule has 1 unspecified atom stereocenters. The van der Waals surface area contributed by atoms with Crippen LogP contribution in [0.25, 0.3) is 21.3 Å². The second-order valence-corrected chi connectivity index (χ2v) is 8.99. The number of ether oxygens (including phenoxy) is 2. The first kappa shape index (κ1) is 18.6. The predicted molar refractivity (Wildman–Crippen MR) is 114 cm³/mol. The van der Waals surface area contributed by atoms with E-state index in [1.807, 2.05) is 13.0 Å². The van der Waals surface area contributed by atoms with Crippen LogP contribution in [0, 0.1) is 12.8 Å². The lowest BCUT2D eigenvalue weighted by Gasteiger charge is -2.29. The number of carbonyl (C=O) groups excluding carboxylic acids is 1. The first-order valence-electron chi connectivity index (χ1n) is 10.2. The van der Waals surface area contributed by atoms with E-state index in [9.17, 15) is 4.79 Å². The number of thiazole rings is 1. The van der Waals surface area contributed by atoms with Gasteiger partial charge in [0.1, 0.15) is 5.75 Å². The molecule has 2 aliphatic heterocycles. The first-order valence-corrected chi connectivity index (χ1v) is 11.0. The number of aromatic nitrogens is 1. The van der Waals surface area contributed by atoms with E-state index in [2.05, 4.69) is 40.6 Å². The van der Waals surface area contributed by atoms with Crippen molar-refractivity contribution in [1.82, 2.24) is 10.3 Å². The zero-order valence-corrected chi connectivity index (χ0v) is 17.3. The third kappa shape index (κ3) is 3.74. The van der Waals surface area contributed by atoms with E-state index in [0.29, 0.717) is 19.8 Å². The number of benzene rings is 2. The molecule has 0 spiro atoms. The van der Waals surface area contributed by atoms with Crippen molar-refractivity contribution in [2.45, 2.75) is 32.2 Å². The van der Waals surface area contributed by atoms with Gasteiger partial charge >= 0.3 is 0 Å². The number of hydrogen-bond donors (Lipinski definition) is 1. The van der Waals surface area contributed by atoms with Gasteiger partial charge in [0.05, 0.1) is 27.9 Å². The molecule has 0 bridgehead atoms. The largest absolute Gasteiger partial charge is 0.493 e. The van der Waals surface area contributed by atoms with Gasteiger partial charge in [-0.15, -0.1) is 11.3 Å². The molecule has 1 atom stereocenters. The summed E-state index contributed by atoms with van der Waals surface area (Å²) in [5, 5.41) is 4.35. The molecule has 2 aliphatic rings. The maximum absolute atomic E-state index is 12.8. The van der Waals surface area contributed by atoms with Crippen molar-refractivity contribution in [3.05, 3.63) is 47.0 Å². The van der Waals surface area contributed by atoms with Crippen molar-refractivity contribution >= 4 is 27.5 Å². The molecule has 3 heterocycles. The van der Waals surface area contributed by atoms with Crippen LogP contribution >= 0.6 is 11.3 Å². The minimum absolute atomic E-state index is 0.0145. The number of hydrogen-bond acceptors (Lipinski definition) is 5. The average Bonchev–Trinajstić information content (AvgIpc) is 3.13. The van der Waals surface area contributed by atoms with Crippen molar-refractivity contribution < 1.29 is 14.3 Å². The predicted octanol–water partition coefficient (Wildman–Crippen LogP) is 4.64. The Kier molecular flexibility index (Phi) is 4.97. The highest BCUT2D eigenvalue weighted by atomic mass is 32.1. The minimum atomic E-state index is -0.0145. The van der Waals surface area contributed by atoms with Gasteiger partial charge in [0.2, 0.25) is 5.91 Å².